The molecule has 0 radical (unpaired) electrons. The molecule has 0 bridgehead atoms. The predicted octanol–water partition coefficient (Wildman–Crippen LogP) is -5.75. The van der Waals surface area contributed by atoms with Crippen molar-refractivity contribution in [2.75, 3.05) is 39.6 Å². The van der Waals surface area contributed by atoms with E-state index < -0.39 is 245 Å². The first-order chi connectivity index (χ1) is 45.6. The zero-order valence-corrected chi connectivity index (χ0v) is 55.7. The first-order valence-electron chi connectivity index (χ1n) is 34.3. The molecule has 38 unspecified atom stereocenters. The summed E-state index contributed by atoms with van der Waals surface area (Å²) in [6.45, 7) is 10.5. The highest BCUT2D eigenvalue weighted by Gasteiger charge is 2.71. The first kappa shape index (κ1) is 76.1. The molecule has 32 nitrogen and oxygen atoms in total. The number of aliphatic hydroxyl groups is 19. The van der Waals surface area contributed by atoms with Crippen molar-refractivity contribution < 1.29 is 159 Å². The number of allylic oxidation sites excluding steroid dienone is 2. The van der Waals surface area contributed by atoms with Crippen LogP contribution in [-0.4, -0.2) is 327 Å². The van der Waals surface area contributed by atoms with Crippen LogP contribution in [0.3, 0.4) is 0 Å². The van der Waals surface area contributed by atoms with E-state index in [9.17, 15) is 97.0 Å². The summed E-state index contributed by atoms with van der Waals surface area (Å²) < 4.78 is 71.2. The molecule has 0 amide bonds. The SMILES string of the molecule is CC1OC(OC2C(CO)OC(OC3C(CO)OC(OC(=O)C45CCC(C)(C)CC4C4=CCC6C7(C)CCC(OC8OCC(O)C(O)C8OC8OC(CO)C(OC9OC(CO)C(O)C(O)C9O)C(O)C8O)C(C)(CO)C7CCC6(C)C4(C)CC5)C(O)C3O)C(O)C2O)C(O)C(O)C1O. The molecule has 5 aliphatic carbocycles. The maximum atomic E-state index is 15.3. The Hall–Kier alpha value is -1.99. The summed E-state index contributed by atoms with van der Waals surface area (Å²) >= 11 is 0. The van der Waals surface area contributed by atoms with E-state index in [-0.39, 0.29) is 35.2 Å². The van der Waals surface area contributed by atoms with E-state index in [1.165, 1.54) is 6.92 Å². The number of aliphatic hydroxyl groups excluding tert-OH is 19. The van der Waals surface area contributed by atoms with Crippen LogP contribution in [0.25, 0.3) is 0 Å². The third kappa shape index (κ3) is 13.0. The number of hydrogen-bond donors (Lipinski definition) is 19. The van der Waals surface area contributed by atoms with Gasteiger partial charge in [-0.3, -0.25) is 4.79 Å². The van der Waals surface area contributed by atoms with E-state index >= 15 is 4.79 Å². The van der Waals surface area contributed by atoms with Crippen LogP contribution in [-0.2, 0) is 61.6 Å². The van der Waals surface area contributed by atoms with Gasteiger partial charge in [0.25, 0.3) is 0 Å². The second-order valence-electron chi connectivity index (χ2n) is 31.3. The van der Waals surface area contributed by atoms with Crippen molar-refractivity contribution >= 4 is 5.97 Å². The van der Waals surface area contributed by atoms with Crippen molar-refractivity contribution in [2.24, 2.45) is 50.2 Å². The Bertz CT molecular complexity index is 2710. The molecule has 38 atom stereocenters. The molecule has 0 aromatic heterocycles. The minimum atomic E-state index is -2.00. The molecule has 11 aliphatic rings. The van der Waals surface area contributed by atoms with Gasteiger partial charge in [0.2, 0.25) is 6.29 Å². The monoisotopic (exact) mass is 1400 g/mol. The zero-order valence-electron chi connectivity index (χ0n) is 55.7. The van der Waals surface area contributed by atoms with Gasteiger partial charge >= 0.3 is 5.97 Å². The number of rotatable bonds is 17. The lowest BCUT2D eigenvalue weighted by Gasteiger charge is -2.71. The van der Waals surface area contributed by atoms with Crippen LogP contribution < -0.4 is 0 Å². The molecule has 0 spiro atoms. The van der Waals surface area contributed by atoms with Gasteiger partial charge in [-0.25, -0.2) is 0 Å². The summed E-state index contributed by atoms with van der Waals surface area (Å²) in [7, 11) is 0. The molecule has 10 fully saturated rings. The van der Waals surface area contributed by atoms with E-state index in [1.54, 1.807) is 0 Å². The standard InChI is InChI=1S/C65H106O32/c1-25-36(72)39(75)44(80)53(87-25)93-49-30(20-67)89-55(46(82)41(49)77)95-51-32(22-69)91-57(48(84)43(51)79)97-59(85)65-16-14-60(2,3)18-27(65)26-8-9-34-61(4)12-11-35(62(5,24-70)33(61)10-13-64(34,7)63(26,6)15-17-65)92-58-52(37(73)28(71)23-86-58)96-56-47(83)42(78)50(31(21-68)90-56)94-54-45(81)40(76)38(74)29(19-66)88-54/h8,25,27-58,66-84H,9-24H2,1-7H3. The van der Waals surface area contributed by atoms with E-state index in [1.807, 2.05) is 6.92 Å². The van der Waals surface area contributed by atoms with Crippen LogP contribution in [0.2, 0.25) is 0 Å². The van der Waals surface area contributed by atoms with Crippen molar-refractivity contribution in [3.05, 3.63) is 11.6 Å². The van der Waals surface area contributed by atoms with Crippen LogP contribution >= 0.6 is 0 Å². The van der Waals surface area contributed by atoms with Gasteiger partial charge in [0.1, 0.15) is 134 Å². The third-order valence-corrected chi connectivity index (χ3v) is 25.4. The first-order valence-corrected chi connectivity index (χ1v) is 34.3. The minimum absolute atomic E-state index is 0.0455. The molecule has 97 heavy (non-hydrogen) atoms. The van der Waals surface area contributed by atoms with Crippen LogP contribution in [0.1, 0.15) is 113 Å². The smallest absolute Gasteiger partial charge is 0.315 e. The molecular weight excluding hydrogens is 1290 g/mol. The molecule has 32 heteroatoms. The molecule has 4 saturated carbocycles. The fourth-order valence-corrected chi connectivity index (χ4v) is 19.2. The molecule has 19 N–H and O–H groups in total. The Kier molecular flexibility index (Phi) is 22.6. The van der Waals surface area contributed by atoms with Crippen LogP contribution in [0.5, 0.6) is 0 Å². The highest BCUT2D eigenvalue weighted by molar-refractivity contribution is 5.79. The Labute approximate surface area is 561 Å². The quantitative estimate of drug-likeness (QED) is 0.0366. The van der Waals surface area contributed by atoms with Gasteiger partial charge in [-0.2, -0.15) is 0 Å². The molecular formula is C65H106O32. The average molecular weight is 1400 g/mol. The summed E-state index contributed by atoms with van der Waals surface area (Å²) in [4.78, 5) is 15.3. The van der Waals surface area contributed by atoms with Gasteiger partial charge in [-0.1, -0.05) is 53.2 Å². The van der Waals surface area contributed by atoms with Crippen LogP contribution in [0.4, 0.5) is 0 Å². The predicted molar refractivity (Wildman–Crippen MR) is 322 cm³/mol. The summed E-state index contributed by atoms with van der Waals surface area (Å²) in [6, 6.07) is 0. The molecule has 0 aromatic carbocycles. The van der Waals surface area contributed by atoms with Crippen molar-refractivity contribution in [3.63, 3.8) is 0 Å². The van der Waals surface area contributed by atoms with Gasteiger partial charge in [0, 0.05) is 5.41 Å². The number of carbonyl (C=O) groups excluding carboxylic acids is 1. The number of carbonyl (C=O) groups is 1. The number of esters is 1. The Morgan fingerprint density at radius 1 is 0.474 bits per heavy atom. The summed E-state index contributed by atoms with van der Waals surface area (Å²) in [6.07, 6.45) is -42.2. The van der Waals surface area contributed by atoms with Gasteiger partial charge in [-0.05, 0) is 111 Å². The molecule has 6 aliphatic heterocycles. The van der Waals surface area contributed by atoms with Crippen molar-refractivity contribution in [1.82, 2.24) is 0 Å². The Morgan fingerprint density at radius 2 is 0.948 bits per heavy atom. The summed E-state index contributed by atoms with van der Waals surface area (Å²) in [5, 5.41) is 207. The van der Waals surface area contributed by atoms with E-state index in [4.69, 9.17) is 56.8 Å². The van der Waals surface area contributed by atoms with Crippen LogP contribution in [0, 0.1) is 50.2 Å². The summed E-state index contributed by atoms with van der Waals surface area (Å²) in [5.74, 6) is -1.11. The number of ether oxygens (including phenoxy) is 12. The van der Waals surface area contributed by atoms with E-state index in [0.717, 1.165) is 5.57 Å². The second kappa shape index (κ2) is 28.8. The fraction of sp³-hybridized carbons (Fsp3) is 0.954. The van der Waals surface area contributed by atoms with Gasteiger partial charge in [-0.15, -0.1) is 0 Å². The molecule has 11 rings (SSSR count). The number of hydrogen-bond acceptors (Lipinski definition) is 32. The lowest BCUT2D eigenvalue weighted by atomic mass is 9.33. The maximum absolute atomic E-state index is 15.3. The van der Waals surface area contributed by atoms with E-state index in [2.05, 4.69) is 40.7 Å². The van der Waals surface area contributed by atoms with Gasteiger partial charge < -0.3 is 154 Å². The summed E-state index contributed by atoms with van der Waals surface area (Å²) in [5.41, 5.74) is -2.40. The lowest BCUT2D eigenvalue weighted by Crippen LogP contribution is -2.67. The van der Waals surface area contributed by atoms with E-state index in [0.29, 0.717) is 64.2 Å². The molecule has 6 saturated heterocycles. The van der Waals surface area contributed by atoms with Crippen molar-refractivity contribution in [1.29, 1.82) is 0 Å². The molecule has 0 aromatic rings. The van der Waals surface area contributed by atoms with Gasteiger partial charge in [0.05, 0.1) is 57.3 Å². The largest absolute Gasteiger partial charge is 0.432 e. The van der Waals surface area contributed by atoms with Crippen molar-refractivity contribution in [3.8, 4) is 0 Å². The number of fused-ring (bicyclic) bond motifs is 7. The molecule has 6 heterocycles. The molecule has 558 valence electrons. The second-order valence-corrected chi connectivity index (χ2v) is 31.3. The Balaban J connectivity index is 0.766. The third-order valence-electron chi connectivity index (χ3n) is 25.4. The average Bonchev–Trinajstić information content (AvgIpc) is 0.674. The van der Waals surface area contributed by atoms with Crippen molar-refractivity contribution in [2.45, 2.75) is 297 Å². The fourth-order valence-electron chi connectivity index (χ4n) is 19.2. The topological polar surface area (TPSA) is 512 Å². The Morgan fingerprint density at radius 3 is 1.48 bits per heavy atom. The minimum Gasteiger partial charge on any atom is -0.432 e. The zero-order chi connectivity index (χ0) is 70.7. The van der Waals surface area contributed by atoms with Crippen LogP contribution in [0.15, 0.2) is 11.6 Å². The highest BCUT2D eigenvalue weighted by atomic mass is 16.8. The normalized spacial score (nSPS) is 54.7. The lowest BCUT2D eigenvalue weighted by molar-refractivity contribution is -0.384. The van der Waals surface area contributed by atoms with Gasteiger partial charge in [0.15, 0.2) is 31.5 Å². The highest BCUT2D eigenvalue weighted by Crippen LogP contribution is 2.76. The maximum Gasteiger partial charge on any atom is 0.315 e.